The highest BCUT2D eigenvalue weighted by atomic mass is 14.9. The quantitative estimate of drug-likeness (QED) is 0.710. The fraction of sp³-hybridized carbons (Fsp3) is 0.421. The zero-order valence-electron chi connectivity index (χ0n) is 16.2. The largest absolute Gasteiger partial charge is 0.212 e. The lowest BCUT2D eigenvalue weighted by molar-refractivity contribution is -0.660. The third kappa shape index (κ3) is 2.49. The first-order valence-electron chi connectivity index (χ1n) is 9.32. The van der Waals surface area contributed by atoms with Crippen molar-refractivity contribution < 1.29 is 10.1 Å². The topological polar surface area (TPSA) is 3.88 Å². The van der Waals surface area contributed by atoms with Gasteiger partial charge in [0.05, 0.1) is 0 Å². The van der Waals surface area contributed by atoms with Crippen molar-refractivity contribution in [2.24, 2.45) is 7.05 Å². The molecule has 0 N–H and O–H groups in total. The summed E-state index contributed by atoms with van der Waals surface area (Å²) in [5.74, 6) is -0.497. The van der Waals surface area contributed by atoms with Gasteiger partial charge in [0.1, 0.15) is 7.05 Å². The molecule has 1 fully saturated rings. The van der Waals surface area contributed by atoms with Crippen LogP contribution in [0.3, 0.4) is 0 Å². The van der Waals surface area contributed by atoms with Crippen molar-refractivity contribution in [3.8, 4) is 11.3 Å². The number of aryl methyl sites for hydroxylation is 3. The zero-order chi connectivity index (χ0) is 17.5. The van der Waals surface area contributed by atoms with Gasteiger partial charge < -0.3 is 0 Å². The number of rotatable bonds is 2. The molecule has 1 aromatic heterocycles. The van der Waals surface area contributed by atoms with E-state index in [4.69, 9.17) is 5.48 Å². The Labute approximate surface area is 127 Å². The van der Waals surface area contributed by atoms with Crippen LogP contribution in [0.25, 0.3) is 11.3 Å². The van der Waals surface area contributed by atoms with Crippen LogP contribution in [0.4, 0.5) is 0 Å². The number of aromatic nitrogens is 1. The summed E-state index contributed by atoms with van der Waals surface area (Å²) < 4.78 is 33.7. The third-order valence-electron chi connectivity index (χ3n) is 4.28. The zero-order valence-corrected chi connectivity index (χ0v) is 12.2. The van der Waals surface area contributed by atoms with Crippen LogP contribution in [0.15, 0.2) is 36.5 Å². The molecule has 1 saturated carbocycles. The molecule has 0 amide bonds. The lowest BCUT2D eigenvalue weighted by atomic mass is 9.92. The number of nitrogens with zero attached hydrogens (tertiary/aromatic N) is 1. The van der Waals surface area contributed by atoms with E-state index in [9.17, 15) is 0 Å². The van der Waals surface area contributed by atoms with Gasteiger partial charge in [0.25, 0.3) is 0 Å². The molecule has 104 valence electrons. The summed E-state index contributed by atoms with van der Waals surface area (Å²) in [6, 6.07) is 9.61. The smallest absolute Gasteiger partial charge is 0.201 e. The standard InChI is InChI=1S/C19H24N/c1-14-10-11-20(3)19(12-14)18-13-17(9-8-15(18)2)16-6-4-5-7-16/h8-13,16H,4-7H2,1-3H3/q+1/i1D3,16D. The molecule has 1 nitrogen and oxygen atoms in total. The molecular formula is C19H24N+. The molecule has 1 heteroatoms. The van der Waals surface area contributed by atoms with Gasteiger partial charge >= 0.3 is 0 Å². The fourth-order valence-electron chi connectivity index (χ4n) is 3.05. The van der Waals surface area contributed by atoms with Crippen LogP contribution in [0.1, 0.15) is 53.8 Å². The number of hydrogen-bond donors (Lipinski definition) is 0. The van der Waals surface area contributed by atoms with Crippen LogP contribution in [-0.2, 0) is 7.05 Å². The molecule has 1 aliphatic rings. The second kappa shape index (κ2) is 5.40. The Bertz CT molecular complexity index is 758. The van der Waals surface area contributed by atoms with E-state index in [0.29, 0.717) is 5.56 Å². The summed E-state index contributed by atoms with van der Waals surface area (Å²) in [5.41, 5.74) is 4.38. The summed E-state index contributed by atoms with van der Waals surface area (Å²) in [5, 5.41) is 0. The first-order chi connectivity index (χ1) is 11.2. The molecule has 0 atom stereocenters. The van der Waals surface area contributed by atoms with E-state index in [0.717, 1.165) is 48.1 Å². The lowest BCUT2D eigenvalue weighted by Gasteiger charge is -2.13. The van der Waals surface area contributed by atoms with Gasteiger partial charge in [0.15, 0.2) is 6.20 Å². The Balaban J connectivity index is 2.12. The van der Waals surface area contributed by atoms with Crippen molar-refractivity contribution >= 4 is 0 Å². The van der Waals surface area contributed by atoms with Crippen molar-refractivity contribution in [2.75, 3.05) is 0 Å². The van der Waals surface area contributed by atoms with E-state index in [1.165, 1.54) is 0 Å². The molecule has 20 heavy (non-hydrogen) atoms. The predicted octanol–water partition coefficient (Wildman–Crippen LogP) is 4.45. The SMILES string of the molecule is [2H]C([2H])([2H])c1cc[n+](C)c(-c2cc(C3([2H])CCCC3)ccc2C)c1. The van der Waals surface area contributed by atoms with Crippen molar-refractivity contribution in [1.29, 1.82) is 0 Å². The molecule has 1 heterocycles. The molecule has 0 radical (unpaired) electrons. The summed E-state index contributed by atoms with van der Waals surface area (Å²) in [6.07, 6.45) is 5.81. The second-order valence-electron chi connectivity index (χ2n) is 5.75. The van der Waals surface area contributed by atoms with Crippen LogP contribution in [0.2, 0.25) is 0 Å². The summed E-state index contributed by atoms with van der Waals surface area (Å²) in [7, 11) is 1.93. The highest BCUT2D eigenvalue weighted by molar-refractivity contribution is 5.62. The lowest BCUT2D eigenvalue weighted by Crippen LogP contribution is -2.30. The maximum absolute atomic E-state index is 8.75. The normalized spacial score (nSPS) is 20.9. The minimum absolute atomic E-state index is 0.349. The van der Waals surface area contributed by atoms with Crippen molar-refractivity contribution in [3.63, 3.8) is 0 Å². The van der Waals surface area contributed by atoms with Gasteiger partial charge in [-0.15, -0.1) is 0 Å². The Morgan fingerprint density at radius 2 is 2.00 bits per heavy atom. The van der Waals surface area contributed by atoms with Gasteiger partial charge in [-0.2, -0.15) is 0 Å². The Morgan fingerprint density at radius 1 is 1.20 bits per heavy atom. The highest BCUT2D eigenvalue weighted by Crippen LogP contribution is 2.36. The molecule has 1 aromatic carbocycles. The van der Waals surface area contributed by atoms with E-state index < -0.39 is 12.7 Å². The van der Waals surface area contributed by atoms with Crippen molar-refractivity contribution in [3.05, 3.63) is 53.2 Å². The molecule has 0 saturated heterocycles. The van der Waals surface area contributed by atoms with Crippen molar-refractivity contribution in [2.45, 2.75) is 45.4 Å². The monoisotopic (exact) mass is 270 g/mol. The van der Waals surface area contributed by atoms with E-state index in [1.54, 1.807) is 18.3 Å². The molecule has 0 aliphatic heterocycles. The number of benzene rings is 1. The van der Waals surface area contributed by atoms with Crippen LogP contribution in [-0.4, -0.2) is 0 Å². The molecule has 1 aliphatic carbocycles. The van der Waals surface area contributed by atoms with Crippen LogP contribution < -0.4 is 4.57 Å². The molecule has 3 rings (SSSR count). The Morgan fingerprint density at radius 3 is 2.75 bits per heavy atom. The van der Waals surface area contributed by atoms with Crippen LogP contribution in [0, 0.1) is 13.8 Å². The van der Waals surface area contributed by atoms with E-state index in [2.05, 4.69) is 18.2 Å². The maximum Gasteiger partial charge on any atom is 0.212 e. The first kappa shape index (κ1) is 9.33. The van der Waals surface area contributed by atoms with E-state index in [-0.39, 0.29) is 0 Å². The second-order valence-corrected chi connectivity index (χ2v) is 5.75. The van der Waals surface area contributed by atoms with Gasteiger partial charge in [-0.25, -0.2) is 4.57 Å². The third-order valence-corrected chi connectivity index (χ3v) is 4.28. The van der Waals surface area contributed by atoms with Gasteiger partial charge in [-0.1, -0.05) is 25.0 Å². The number of hydrogen-bond acceptors (Lipinski definition) is 0. The Kier molecular flexibility index (Phi) is 2.52. The summed E-state index contributed by atoms with van der Waals surface area (Å²) >= 11 is 0. The average molecular weight is 270 g/mol. The first-order valence-corrected chi connectivity index (χ1v) is 7.32. The van der Waals surface area contributed by atoms with Gasteiger partial charge in [0.2, 0.25) is 5.69 Å². The minimum atomic E-state index is -2.11. The predicted molar refractivity (Wildman–Crippen MR) is 83.7 cm³/mol. The molecular weight excluding hydrogens is 242 g/mol. The highest BCUT2D eigenvalue weighted by Gasteiger charge is 2.20. The van der Waals surface area contributed by atoms with Gasteiger partial charge in [-0.05, 0) is 55.3 Å². The minimum Gasteiger partial charge on any atom is -0.201 e. The average Bonchev–Trinajstić information content (AvgIpc) is 2.95. The Hall–Kier alpha value is -1.63. The summed E-state index contributed by atoms with van der Waals surface area (Å²) in [6.45, 7) is -0.0803. The van der Waals surface area contributed by atoms with Crippen LogP contribution >= 0.6 is 0 Å². The molecule has 0 unspecified atom stereocenters. The molecule has 2 aromatic rings. The molecule has 0 bridgehead atoms. The maximum atomic E-state index is 8.75. The molecule has 0 spiro atoms. The van der Waals surface area contributed by atoms with E-state index >= 15 is 0 Å². The van der Waals surface area contributed by atoms with Crippen LogP contribution in [0.5, 0.6) is 0 Å². The van der Waals surface area contributed by atoms with Gasteiger partial charge in [0, 0.05) is 23.2 Å². The van der Waals surface area contributed by atoms with E-state index in [1.807, 2.05) is 18.5 Å². The fourth-order valence-corrected chi connectivity index (χ4v) is 3.05. The van der Waals surface area contributed by atoms with Gasteiger partial charge in [-0.3, -0.25) is 0 Å². The van der Waals surface area contributed by atoms with Crippen molar-refractivity contribution in [1.82, 2.24) is 0 Å². The number of pyridine rings is 1. The summed E-state index contributed by atoms with van der Waals surface area (Å²) in [4.78, 5) is 0.